The highest BCUT2D eigenvalue weighted by molar-refractivity contribution is 6.31. The second-order valence-corrected chi connectivity index (χ2v) is 5.32. The number of carbonyl (C=O) groups excluding carboxylic acids is 1. The first-order chi connectivity index (χ1) is 8.18. The van der Waals surface area contributed by atoms with Gasteiger partial charge in [0.05, 0.1) is 0 Å². The summed E-state index contributed by atoms with van der Waals surface area (Å²) in [5, 5.41) is 0.610. The molecule has 1 aliphatic carbocycles. The van der Waals surface area contributed by atoms with Crippen LogP contribution in [-0.4, -0.2) is 12.3 Å². The standard InChI is InChI=1S/C14H18ClNO/c15-12-6-4-5-11(9-12)13(17)14(10-16)7-2-1-3-8-14/h4-6,9H,1-3,7-8,10,16H2. The van der Waals surface area contributed by atoms with Crippen molar-refractivity contribution in [1.82, 2.24) is 0 Å². The first-order valence-corrected chi connectivity index (χ1v) is 6.56. The summed E-state index contributed by atoms with van der Waals surface area (Å²) in [7, 11) is 0. The molecule has 0 bridgehead atoms. The normalized spacial score (nSPS) is 18.9. The highest BCUT2D eigenvalue weighted by atomic mass is 35.5. The van der Waals surface area contributed by atoms with Crippen molar-refractivity contribution in [2.24, 2.45) is 11.1 Å². The van der Waals surface area contributed by atoms with Crippen molar-refractivity contribution in [3.8, 4) is 0 Å². The molecule has 0 atom stereocenters. The van der Waals surface area contributed by atoms with Crippen molar-refractivity contribution in [1.29, 1.82) is 0 Å². The van der Waals surface area contributed by atoms with Crippen LogP contribution in [0.4, 0.5) is 0 Å². The van der Waals surface area contributed by atoms with Gasteiger partial charge in [0.2, 0.25) is 0 Å². The van der Waals surface area contributed by atoms with Crippen LogP contribution in [0.5, 0.6) is 0 Å². The van der Waals surface area contributed by atoms with Gasteiger partial charge in [0.1, 0.15) is 0 Å². The van der Waals surface area contributed by atoms with Gasteiger partial charge < -0.3 is 5.73 Å². The van der Waals surface area contributed by atoms with Crippen LogP contribution in [0.15, 0.2) is 24.3 Å². The van der Waals surface area contributed by atoms with E-state index in [-0.39, 0.29) is 11.2 Å². The third kappa shape index (κ3) is 2.53. The molecule has 2 N–H and O–H groups in total. The zero-order valence-electron chi connectivity index (χ0n) is 9.92. The summed E-state index contributed by atoms with van der Waals surface area (Å²) in [6.07, 6.45) is 5.24. The quantitative estimate of drug-likeness (QED) is 0.837. The molecule has 2 nitrogen and oxygen atoms in total. The van der Waals surface area contributed by atoms with Gasteiger partial charge in [0.25, 0.3) is 0 Å². The monoisotopic (exact) mass is 251 g/mol. The summed E-state index contributed by atoms with van der Waals surface area (Å²) in [6, 6.07) is 7.19. The Morgan fingerprint density at radius 1 is 1.29 bits per heavy atom. The van der Waals surface area contributed by atoms with Gasteiger partial charge in [-0.15, -0.1) is 0 Å². The molecule has 1 aromatic carbocycles. The van der Waals surface area contributed by atoms with Crippen LogP contribution in [0.1, 0.15) is 42.5 Å². The summed E-state index contributed by atoms with van der Waals surface area (Å²) in [5.41, 5.74) is 6.22. The van der Waals surface area contributed by atoms with Gasteiger partial charge in [-0.3, -0.25) is 4.79 Å². The summed E-state index contributed by atoms with van der Waals surface area (Å²) >= 11 is 5.93. The van der Waals surface area contributed by atoms with Crippen LogP contribution in [-0.2, 0) is 0 Å². The average molecular weight is 252 g/mol. The molecule has 0 saturated heterocycles. The molecular formula is C14H18ClNO. The van der Waals surface area contributed by atoms with E-state index in [2.05, 4.69) is 0 Å². The number of ketones is 1. The smallest absolute Gasteiger partial charge is 0.170 e. The van der Waals surface area contributed by atoms with E-state index < -0.39 is 0 Å². The number of hydrogen-bond donors (Lipinski definition) is 1. The van der Waals surface area contributed by atoms with Crippen LogP contribution >= 0.6 is 11.6 Å². The predicted octanol–water partition coefficient (Wildman–Crippen LogP) is 3.43. The zero-order chi connectivity index (χ0) is 12.3. The Labute approximate surface area is 107 Å². The fourth-order valence-electron chi connectivity index (χ4n) is 2.69. The first-order valence-electron chi connectivity index (χ1n) is 6.18. The van der Waals surface area contributed by atoms with Crippen LogP contribution < -0.4 is 5.73 Å². The number of Topliss-reactive ketones (excluding diaryl/α,β-unsaturated/α-hetero) is 1. The van der Waals surface area contributed by atoms with Crippen molar-refractivity contribution < 1.29 is 4.79 Å². The largest absolute Gasteiger partial charge is 0.329 e. The van der Waals surface area contributed by atoms with Gasteiger partial charge in [-0.05, 0) is 25.0 Å². The minimum Gasteiger partial charge on any atom is -0.329 e. The molecular weight excluding hydrogens is 234 g/mol. The lowest BCUT2D eigenvalue weighted by Crippen LogP contribution is -2.40. The fraction of sp³-hybridized carbons (Fsp3) is 0.500. The van der Waals surface area contributed by atoms with Gasteiger partial charge in [-0.25, -0.2) is 0 Å². The molecule has 0 radical (unpaired) electrons. The lowest BCUT2D eigenvalue weighted by molar-refractivity contribution is 0.0729. The first kappa shape index (κ1) is 12.6. The zero-order valence-corrected chi connectivity index (χ0v) is 10.7. The number of hydrogen-bond acceptors (Lipinski definition) is 2. The molecule has 0 aromatic heterocycles. The number of halogens is 1. The molecule has 3 heteroatoms. The lowest BCUT2D eigenvalue weighted by atomic mass is 9.69. The number of benzene rings is 1. The Hall–Kier alpha value is -0.860. The molecule has 0 heterocycles. The summed E-state index contributed by atoms with van der Waals surface area (Å²) in [4.78, 5) is 12.6. The van der Waals surface area contributed by atoms with Crippen LogP contribution in [0, 0.1) is 5.41 Å². The third-order valence-electron chi connectivity index (χ3n) is 3.77. The maximum absolute atomic E-state index is 12.6. The van der Waals surface area contributed by atoms with Crippen LogP contribution in [0.25, 0.3) is 0 Å². The minimum atomic E-state index is -0.344. The van der Waals surface area contributed by atoms with Gasteiger partial charge in [-0.2, -0.15) is 0 Å². The summed E-state index contributed by atoms with van der Waals surface area (Å²) in [6.45, 7) is 0.443. The van der Waals surface area contributed by atoms with E-state index in [0.717, 1.165) is 25.7 Å². The number of carbonyl (C=O) groups is 1. The van der Waals surface area contributed by atoms with Crippen LogP contribution in [0.2, 0.25) is 5.02 Å². The van der Waals surface area contributed by atoms with Gasteiger partial charge in [0, 0.05) is 22.5 Å². The van der Waals surface area contributed by atoms with Gasteiger partial charge in [-0.1, -0.05) is 43.0 Å². The summed E-state index contributed by atoms with van der Waals surface area (Å²) < 4.78 is 0. The van der Waals surface area contributed by atoms with E-state index in [0.29, 0.717) is 17.1 Å². The average Bonchev–Trinajstić information content (AvgIpc) is 2.38. The van der Waals surface area contributed by atoms with Gasteiger partial charge in [0.15, 0.2) is 5.78 Å². The Morgan fingerprint density at radius 3 is 2.59 bits per heavy atom. The summed E-state index contributed by atoms with van der Waals surface area (Å²) in [5.74, 6) is 0.169. The molecule has 1 saturated carbocycles. The molecule has 2 rings (SSSR count). The van der Waals surface area contributed by atoms with E-state index in [1.54, 1.807) is 12.1 Å². The maximum atomic E-state index is 12.6. The molecule has 92 valence electrons. The fourth-order valence-corrected chi connectivity index (χ4v) is 2.88. The third-order valence-corrected chi connectivity index (χ3v) is 4.00. The minimum absolute atomic E-state index is 0.169. The maximum Gasteiger partial charge on any atom is 0.170 e. The second kappa shape index (κ2) is 5.19. The molecule has 17 heavy (non-hydrogen) atoms. The van der Waals surface area contributed by atoms with Crippen LogP contribution in [0.3, 0.4) is 0 Å². The SMILES string of the molecule is NCC1(C(=O)c2cccc(Cl)c2)CCCCC1. The van der Waals surface area contributed by atoms with E-state index in [4.69, 9.17) is 17.3 Å². The number of nitrogens with two attached hydrogens (primary N) is 1. The van der Waals surface area contributed by atoms with E-state index >= 15 is 0 Å². The van der Waals surface area contributed by atoms with Crippen molar-refractivity contribution in [3.63, 3.8) is 0 Å². The number of rotatable bonds is 3. The Bertz CT molecular complexity index is 410. The lowest BCUT2D eigenvalue weighted by Gasteiger charge is -2.34. The molecule has 0 amide bonds. The van der Waals surface area contributed by atoms with E-state index in [1.165, 1.54) is 6.42 Å². The Balaban J connectivity index is 2.28. The molecule has 0 unspecified atom stereocenters. The van der Waals surface area contributed by atoms with Crippen molar-refractivity contribution in [2.45, 2.75) is 32.1 Å². The molecule has 1 aromatic rings. The highest BCUT2D eigenvalue weighted by Gasteiger charge is 2.38. The van der Waals surface area contributed by atoms with E-state index in [9.17, 15) is 4.79 Å². The van der Waals surface area contributed by atoms with Crippen molar-refractivity contribution in [2.75, 3.05) is 6.54 Å². The Morgan fingerprint density at radius 2 is 2.00 bits per heavy atom. The Kier molecular flexibility index (Phi) is 3.85. The van der Waals surface area contributed by atoms with Gasteiger partial charge >= 0.3 is 0 Å². The second-order valence-electron chi connectivity index (χ2n) is 4.88. The highest BCUT2D eigenvalue weighted by Crippen LogP contribution is 2.38. The molecule has 0 aliphatic heterocycles. The molecule has 0 spiro atoms. The van der Waals surface area contributed by atoms with Crippen molar-refractivity contribution in [3.05, 3.63) is 34.9 Å². The molecule has 1 aliphatic rings. The molecule has 1 fully saturated rings. The van der Waals surface area contributed by atoms with Crippen molar-refractivity contribution >= 4 is 17.4 Å². The predicted molar refractivity (Wildman–Crippen MR) is 70.4 cm³/mol. The van der Waals surface area contributed by atoms with E-state index in [1.807, 2.05) is 12.1 Å². The topological polar surface area (TPSA) is 43.1 Å².